The first kappa shape index (κ1) is 18.4. The Morgan fingerprint density at radius 2 is 1.88 bits per heavy atom. The molecule has 6 nitrogen and oxygen atoms in total. The topological polar surface area (TPSA) is 69.6 Å². The molecule has 2 N–H and O–H groups in total. The van der Waals surface area contributed by atoms with Crippen LogP contribution in [0.25, 0.3) is 0 Å². The van der Waals surface area contributed by atoms with Crippen molar-refractivity contribution in [3.05, 3.63) is 65.5 Å². The summed E-state index contributed by atoms with van der Waals surface area (Å²) < 4.78 is 0. The minimum atomic E-state index is 0.00603. The van der Waals surface area contributed by atoms with Crippen molar-refractivity contribution in [2.75, 3.05) is 27.7 Å². The monoisotopic (exact) mass is 339 g/mol. The first-order chi connectivity index (χ1) is 12.1. The third kappa shape index (κ3) is 5.91. The second kappa shape index (κ2) is 9.42. The number of rotatable bonds is 6. The maximum Gasteiger partial charge on any atom is 0.253 e. The van der Waals surface area contributed by atoms with Gasteiger partial charge < -0.3 is 15.5 Å². The van der Waals surface area contributed by atoms with Crippen molar-refractivity contribution in [2.24, 2.45) is 4.99 Å². The molecule has 1 heterocycles. The molecule has 6 heteroatoms. The van der Waals surface area contributed by atoms with Crippen molar-refractivity contribution in [3.8, 4) is 0 Å². The molecule has 0 aliphatic rings. The number of nitrogens with zero attached hydrogens (tertiary/aromatic N) is 3. The number of benzene rings is 1. The first-order valence-electron chi connectivity index (χ1n) is 8.25. The van der Waals surface area contributed by atoms with Crippen molar-refractivity contribution in [1.29, 1.82) is 0 Å². The van der Waals surface area contributed by atoms with E-state index >= 15 is 0 Å². The maximum atomic E-state index is 11.9. The molecule has 1 aromatic carbocycles. The van der Waals surface area contributed by atoms with Crippen molar-refractivity contribution in [2.45, 2.75) is 13.0 Å². The minimum absolute atomic E-state index is 0.00603. The van der Waals surface area contributed by atoms with E-state index in [4.69, 9.17) is 0 Å². The second-order valence-corrected chi connectivity index (χ2v) is 5.82. The van der Waals surface area contributed by atoms with Crippen LogP contribution in [-0.4, -0.2) is 49.4 Å². The van der Waals surface area contributed by atoms with Gasteiger partial charge in [0.05, 0.1) is 0 Å². The number of hydrogen-bond acceptors (Lipinski definition) is 3. The molecule has 1 amide bonds. The van der Waals surface area contributed by atoms with Gasteiger partial charge in [0.15, 0.2) is 5.96 Å². The van der Waals surface area contributed by atoms with Gasteiger partial charge >= 0.3 is 0 Å². The van der Waals surface area contributed by atoms with E-state index in [1.54, 1.807) is 32.2 Å². The second-order valence-electron chi connectivity index (χ2n) is 5.82. The Hall–Kier alpha value is -2.89. The molecular weight excluding hydrogens is 314 g/mol. The standard InChI is InChI=1S/C19H25N5O/c1-20-19(22-13-11-17-6-4-5-12-21-17)23-14-15-7-9-16(10-8-15)18(25)24(2)3/h4-10,12H,11,13-14H2,1-3H3,(H2,20,22,23). The highest BCUT2D eigenvalue weighted by Crippen LogP contribution is 2.06. The van der Waals surface area contributed by atoms with Crippen LogP contribution < -0.4 is 10.6 Å². The molecular formula is C19H25N5O. The molecule has 0 aliphatic carbocycles. The molecule has 0 unspecified atom stereocenters. The number of pyridine rings is 1. The van der Waals surface area contributed by atoms with Crippen LogP contribution in [0.5, 0.6) is 0 Å². The predicted octanol–water partition coefficient (Wildman–Crippen LogP) is 1.69. The molecule has 0 atom stereocenters. The fourth-order valence-electron chi connectivity index (χ4n) is 2.28. The Balaban J connectivity index is 1.79. The van der Waals surface area contributed by atoms with Crippen molar-refractivity contribution in [1.82, 2.24) is 20.5 Å². The average Bonchev–Trinajstić information content (AvgIpc) is 2.65. The maximum absolute atomic E-state index is 11.9. The highest BCUT2D eigenvalue weighted by molar-refractivity contribution is 5.93. The van der Waals surface area contributed by atoms with E-state index in [9.17, 15) is 4.79 Å². The Kier molecular flexibility index (Phi) is 6.95. The predicted molar refractivity (Wildman–Crippen MR) is 101 cm³/mol. The lowest BCUT2D eigenvalue weighted by Gasteiger charge is -2.13. The van der Waals surface area contributed by atoms with Gasteiger partial charge in [-0.15, -0.1) is 0 Å². The summed E-state index contributed by atoms with van der Waals surface area (Å²) in [6.45, 7) is 1.40. The van der Waals surface area contributed by atoms with Gasteiger partial charge in [0.1, 0.15) is 0 Å². The van der Waals surface area contributed by atoms with E-state index in [1.165, 1.54) is 0 Å². The van der Waals surface area contributed by atoms with Crippen LogP contribution in [0.1, 0.15) is 21.6 Å². The van der Waals surface area contributed by atoms with Gasteiger partial charge in [-0.05, 0) is 29.8 Å². The molecule has 25 heavy (non-hydrogen) atoms. The number of hydrogen-bond donors (Lipinski definition) is 2. The number of aromatic nitrogens is 1. The number of nitrogens with one attached hydrogen (secondary N) is 2. The van der Waals surface area contributed by atoms with E-state index in [0.29, 0.717) is 12.1 Å². The zero-order valence-corrected chi connectivity index (χ0v) is 15.0. The lowest BCUT2D eigenvalue weighted by Crippen LogP contribution is -2.37. The van der Waals surface area contributed by atoms with Crippen LogP contribution >= 0.6 is 0 Å². The summed E-state index contributed by atoms with van der Waals surface area (Å²) in [5, 5.41) is 6.54. The van der Waals surface area contributed by atoms with Crippen LogP contribution in [0.3, 0.4) is 0 Å². The molecule has 0 aliphatic heterocycles. The van der Waals surface area contributed by atoms with E-state index < -0.39 is 0 Å². The zero-order chi connectivity index (χ0) is 18.1. The summed E-state index contributed by atoms with van der Waals surface area (Å²) in [6, 6.07) is 13.5. The molecule has 132 valence electrons. The summed E-state index contributed by atoms with van der Waals surface area (Å²) in [6.07, 6.45) is 2.63. The fraction of sp³-hybridized carbons (Fsp3) is 0.316. The third-order valence-electron chi connectivity index (χ3n) is 3.69. The van der Waals surface area contributed by atoms with Crippen LogP contribution in [0, 0.1) is 0 Å². The highest BCUT2D eigenvalue weighted by Gasteiger charge is 2.07. The molecule has 0 spiro atoms. The molecule has 1 aromatic heterocycles. The van der Waals surface area contributed by atoms with Crippen molar-refractivity contribution < 1.29 is 4.79 Å². The number of amides is 1. The molecule has 0 bridgehead atoms. The first-order valence-corrected chi connectivity index (χ1v) is 8.25. The molecule has 2 rings (SSSR count). The van der Waals surface area contributed by atoms with Crippen LogP contribution in [0.4, 0.5) is 0 Å². The Bertz CT molecular complexity index is 696. The van der Waals surface area contributed by atoms with Crippen LogP contribution in [0.15, 0.2) is 53.7 Å². The summed E-state index contributed by atoms with van der Waals surface area (Å²) in [4.78, 5) is 22.0. The normalized spacial score (nSPS) is 11.1. The van der Waals surface area contributed by atoms with Gasteiger partial charge in [-0.1, -0.05) is 18.2 Å². The fourth-order valence-corrected chi connectivity index (χ4v) is 2.28. The highest BCUT2D eigenvalue weighted by atomic mass is 16.2. The summed E-state index contributed by atoms with van der Waals surface area (Å²) in [5.74, 6) is 0.746. The zero-order valence-electron chi connectivity index (χ0n) is 15.0. The third-order valence-corrected chi connectivity index (χ3v) is 3.69. The van der Waals surface area contributed by atoms with Crippen molar-refractivity contribution in [3.63, 3.8) is 0 Å². The summed E-state index contributed by atoms with van der Waals surface area (Å²) in [5.41, 5.74) is 2.82. The molecule has 0 saturated heterocycles. The summed E-state index contributed by atoms with van der Waals surface area (Å²) >= 11 is 0. The lowest BCUT2D eigenvalue weighted by atomic mass is 10.1. The summed E-state index contributed by atoms with van der Waals surface area (Å²) in [7, 11) is 5.24. The van der Waals surface area contributed by atoms with Gasteiger partial charge in [0.2, 0.25) is 0 Å². The molecule has 0 saturated carbocycles. The SMILES string of the molecule is CN=C(NCCc1ccccn1)NCc1ccc(C(=O)N(C)C)cc1. The Labute approximate surface area is 149 Å². The Morgan fingerprint density at radius 1 is 1.12 bits per heavy atom. The number of carbonyl (C=O) groups excluding carboxylic acids is 1. The van der Waals surface area contributed by atoms with E-state index in [2.05, 4.69) is 20.6 Å². The molecule has 0 radical (unpaired) electrons. The van der Waals surface area contributed by atoms with E-state index in [0.717, 1.165) is 30.2 Å². The van der Waals surface area contributed by atoms with Gasteiger partial charge in [-0.25, -0.2) is 0 Å². The van der Waals surface area contributed by atoms with E-state index in [1.807, 2.05) is 42.5 Å². The minimum Gasteiger partial charge on any atom is -0.356 e. The Morgan fingerprint density at radius 3 is 2.48 bits per heavy atom. The quantitative estimate of drug-likeness (QED) is 0.621. The molecule has 2 aromatic rings. The molecule has 0 fully saturated rings. The van der Waals surface area contributed by atoms with Crippen molar-refractivity contribution >= 4 is 11.9 Å². The number of aliphatic imine (C=N–C) groups is 1. The lowest BCUT2D eigenvalue weighted by molar-refractivity contribution is 0.0827. The van der Waals surface area contributed by atoms with Gasteiger partial charge in [-0.3, -0.25) is 14.8 Å². The number of guanidine groups is 1. The van der Waals surface area contributed by atoms with Crippen LogP contribution in [0.2, 0.25) is 0 Å². The van der Waals surface area contributed by atoms with Crippen LogP contribution in [-0.2, 0) is 13.0 Å². The van der Waals surface area contributed by atoms with Gasteiger partial charge in [0.25, 0.3) is 5.91 Å². The number of carbonyl (C=O) groups is 1. The largest absolute Gasteiger partial charge is 0.356 e. The van der Waals surface area contributed by atoms with Gasteiger partial charge in [-0.2, -0.15) is 0 Å². The smallest absolute Gasteiger partial charge is 0.253 e. The average molecular weight is 339 g/mol. The van der Waals surface area contributed by atoms with Gasteiger partial charge in [0, 0.05) is 58.1 Å². The van der Waals surface area contributed by atoms with E-state index in [-0.39, 0.29) is 5.91 Å².